The summed E-state index contributed by atoms with van der Waals surface area (Å²) >= 11 is 0. The van der Waals surface area contributed by atoms with Crippen LogP contribution in [0.3, 0.4) is 0 Å². The van der Waals surface area contributed by atoms with Gasteiger partial charge in [0.2, 0.25) is 11.8 Å². The number of rotatable bonds is 26. The van der Waals surface area contributed by atoms with Crippen molar-refractivity contribution in [2.45, 2.75) is 139 Å². The smallest absolute Gasteiger partial charge is 0.330 e. The summed E-state index contributed by atoms with van der Waals surface area (Å²) in [6, 6.07) is 2.25. The van der Waals surface area contributed by atoms with Crippen LogP contribution in [0.4, 0.5) is 4.79 Å². The van der Waals surface area contributed by atoms with Gasteiger partial charge in [-0.3, -0.25) is 33.7 Å². The van der Waals surface area contributed by atoms with Crippen LogP contribution in [0.15, 0.2) is 57.2 Å². The van der Waals surface area contributed by atoms with Gasteiger partial charge in [-0.2, -0.15) is 0 Å². The minimum Gasteiger partial charge on any atom is -0.480 e. The highest BCUT2D eigenvalue weighted by molar-refractivity contribution is 5.94. The van der Waals surface area contributed by atoms with Crippen molar-refractivity contribution in [1.29, 1.82) is 0 Å². The molecule has 4 heterocycles. The average Bonchev–Trinajstić information content (AvgIpc) is 3.80. The highest BCUT2D eigenvalue weighted by Crippen LogP contribution is 2.35. The quantitative estimate of drug-likeness (QED) is 0.0392. The Kier molecular flexibility index (Phi) is 21.2. The number of urea groups is 1. The number of aliphatic carboxylic acids is 2. The van der Waals surface area contributed by atoms with Crippen molar-refractivity contribution in [3.63, 3.8) is 0 Å². The number of aliphatic hydroxyl groups excluding tert-OH is 4. The Morgan fingerprint density at radius 1 is 0.877 bits per heavy atom. The summed E-state index contributed by atoms with van der Waals surface area (Å²) in [5, 5.41) is 84.0. The van der Waals surface area contributed by atoms with Crippen LogP contribution in [0.2, 0.25) is 0 Å². The zero-order valence-electron chi connectivity index (χ0n) is 41.0. The van der Waals surface area contributed by atoms with E-state index in [4.69, 9.17) is 24.7 Å². The van der Waals surface area contributed by atoms with Crippen molar-refractivity contribution < 1.29 is 73.6 Å². The number of benzene rings is 1. The van der Waals surface area contributed by atoms with Crippen LogP contribution in [-0.2, 0) is 44.7 Å². The lowest BCUT2D eigenvalue weighted by molar-refractivity contribution is -0.231. The van der Waals surface area contributed by atoms with Gasteiger partial charge in [-0.1, -0.05) is 58.0 Å². The fraction of sp³-hybridized carbons (Fsp3) is 0.644. The van der Waals surface area contributed by atoms with Gasteiger partial charge in [0, 0.05) is 45.6 Å². The second-order valence-electron chi connectivity index (χ2n) is 18.5. The van der Waals surface area contributed by atoms with Crippen molar-refractivity contribution in [3.8, 4) is 0 Å². The van der Waals surface area contributed by atoms with Crippen LogP contribution in [0.25, 0.3) is 0 Å². The van der Waals surface area contributed by atoms with Gasteiger partial charge in [-0.25, -0.2) is 14.4 Å². The number of carbonyl (C=O) groups excluding carboxylic acids is 3. The predicted molar refractivity (Wildman–Crippen MR) is 255 cm³/mol. The number of carboxylic acids is 2. The minimum absolute atomic E-state index is 0.0170. The molecule has 3 aliphatic rings. The zero-order chi connectivity index (χ0) is 53.7. The van der Waals surface area contributed by atoms with E-state index in [1.807, 2.05) is 35.3 Å². The van der Waals surface area contributed by atoms with E-state index in [9.17, 15) is 64.2 Å². The Morgan fingerprint density at radius 2 is 1.58 bits per heavy atom. The van der Waals surface area contributed by atoms with Crippen molar-refractivity contribution in [1.82, 2.24) is 46.8 Å². The van der Waals surface area contributed by atoms with E-state index in [-0.39, 0.29) is 45.0 Å². The number of guanidine groups is 1. The minimum atomic E-state index is -1.92. The number of nitrogens with zero attached hydrogens (tertiary/aromatic N) is 2. The topological polar surface area (TPSA) is 421 Å². The van der Waals surface area contributed by atoms with Gasteiger partial charge in [-0.05, 0) is 36.8 Å². The number of amides is 4. The van der Waals surface area contributed by atoms with Crippen molar-refractivity contribution in [3.05, 3.63) is 69.0 Å². The molecule has 1 aromatic heterocycles. The largest absolute Gasteiger partial charge is 0.480 e. The number of aromatic nitrogens is 2. The lowest BCUT2D eigenvalue weighted by atomic mass is 9.97. The number of carboxylic acid groups (broad SMARTS) is 2. The van der Waals surface area contributed by atoms with Gasteiger partial charge in [0.15, 0.2) is 18.5 Å². The lowest BCUT2D eigenvalue weighted by Crippen LogP contribution is -2.66. The molecule has 28 nitrogen and oxygen atoms in total. The summed E-state index contributed by atoms with van der Waals surface area (Å²) in [7, 11) is 1.27. The molecule has 3 aliphatic heterocycles. The van der Waals surface area contributed by atoms with Gasteiger partial charge in [0.1, 0.15) is 66.9 Å². The second kappa shape index (κ2) is 26.7. The molecule has 73 heavy (non-hydrogen) atoms. The second-order valence-corrected chi connectivity index (χ2v) is 18.5. The molecule has 0 radical (unpaired) electrons. The van der Waals surface area contributed by atoms with Crippen LogP contribution in [0, 0.1) is 11.8 Å². The molecule has 2 saturated heterocycles. The summed E-state index contributed by atoms with van der Waals surface area (Å²) in [6.07, 6.45) is -14.2. The molecule has 16 N–H and O–H groups in total. The maximum Gasteiger partial charge on any atom is 0.330 e. The third-order valence-electron chi connectivity index (χ3n) is 12.6. The first-order chi connectivity index (χ1) is 34.6. The molecular weight excluding hydrogens is 967 g/mol. The fourth-order valence-corrected chi connectivity index (χ4v) is 8.52. The number of H-pyrrole nitrogens is 1. The molecule has 0 aliphatic carbocycles. The summed E-state index contributed by atoms with van der Waals surface area (Å²) in [5.41, 5.74) is 5.04. The maximum atomic E-state index is 14.0. The van der Waals surface area contributed by atoms with Crippen LogP contribution in [-0.4, -0.2) is 195 Å². The molecule has 406 valence electrons. The summed E-state index contributed by atoms with van der Waals surface area (Å²) in [6.45, 7) is 6.60. The van der Waals surface area contributed by atoms with Gasteiger partial charge >= 0.3 is 23.7 Å². The molecule has 0 spiro atoms. The maximum absolute atomic E-state index is 14.0. The van der Waals surface area contributed by atoms with E-state index >= 15 is 0 Å². The molecule has 28 heteroatoms. The van der Waals surface area contributed by atoms with Crippen molar-refractivity contribution >= 4 is 35.7 Å². The number of carbonyl (C=O) groups is 5. The number of aliphatic hydroxyl groups is 4. The molecule has 8 unspecified atom stereocenters. The van der Waals surface area contributed by atoms with E-state index in [2.05, 4.69) is 42.2 Å². The summed E-state index contributed by atoms with van der Waals surface area (Å²) in [5.74, 6) is -5.84. The fourth-order valence-electron chi connectivity index (χ4n) is 8.52. The van der Waals surface area contributed by atoms with Crippen LogP contribution < -0.4 is 54.2 Å². The van der Waals surface area contributed by atoms with Gasteiger partial charge in [-0.15, -0.1) is 0 Å². The molecule has 0 bridgehead atoms. The Morgan fingerprint density at radius 3 is 2.19 bits per heavy atom. The molecule has 1 aromatic carbocycles. The van der Waals surface area contributed by atoms with Crippen LogP contribution >= 0.6 is 0 Å². The number of methoxy groups -OCH3 is 1. The number of hydrogen-bond acceptors (Lipinski definition) is 20. The third kappa shape index (κ3) is 15.2. The summed E-state index contributed by atoms with van der Waals surface area (Å²) in [4.78, 5) is 96.4. The third-order valence-corrected chi connectivity index (χ3v) is 12.6. The first kappa shape index (κ1) is 57.8. The first-order valence-electron chi connectivity index (χ1n) is 23.8. The van der Waals surface area contributed by atoms with Gasteiger partial charge < -0.3 is 92.5 Å². The Balaban J connectivity index is 1.30. The highest BCUT2D eigenvalue weighted by Gasteiger charge is 2.54. The average molecular weight is 1040 g/mol. The van der Waals surface area contributed by atoms with Gasteiger partial charge in [0.05, 0.1) is 12.1 Å². The number of aromatic amines is 1. The number of ether oxygens (including phenoxy) is 4. The number of hydrogen-bond donors (Lipinski definition) is 15. The first-order valence-corrected chi connectivity index (χ1v) is 23.8. The number of nitrogens with two attached hydrogens (primary N) is 1. The van der Waals surface area contributed by atoms with Crippen molar-refractivity contribution in [2.75, 3.05) is 33.3 Å². The van der Waals surface area contributed by atoms with Gasteiger partial charge in [0.25, 0.3) is 5.56 Å². The Hall–Kier alpha value is -6.08. The lowest BCUT2D eigenvalue weighted by Gasteiger charge is -2.34. The Labute approximate surface area is 418 Å². The van der Waals surface area contributed by atoms with Crippen LogP contribution in [0.1, 0.15) is 52.3 Å². The van der Waals surface area contributed by atoms with E-state index in [0.29, 0.717) is 6.54 Å². The highest BCUT2D eigenvalue weighted by atomic mass is 16.7. The monoisotopic (exact) mass is 1040 g/mol. The molecule has 0 saturated carbocycles. The SMILES string of the molecule is CO[C@@H]1C(OC(C(NCCCNC(=O)C(NC(=O)C(NC(=O)NC(C(=O)O)C(C)C)C2CCN=C(N)N2)C(O)C(C)C)C(=O)O)[C@H]2O[C@@H](n3ccc(=O)[nH]c3=O)[C@H](O)[C@H]2O)O[C@H](CNCc2ccccc2)[C@@H]1O. The molecule has 15 atom stereocenters. The molecular formula is C45H69N11O17. The number of nitrogens with one attached hydrogen (secondary N) is 8. The van der Waals surface area contributed by atoms with E-state index < -0.39 is 144 Å². The Bertz CT molecular complexity index is 2320. The van der Waals surface area contributed by atoms with Crippen LogP contribution in [0.5, 0.6) is 0 Å². The molecule has 2 aromatic rings. The normalized spacial score (nSPS) is 26.4. The van der Waals surface area contributed by atoms with E-state index in [0.717, 1.165) is 22.4 Å². The van der Waals surface area contributed by atoms with E-state index in [1.54, 1.807) is 27.7 Å². The molecule has 4 amide bonds. The molecule has 2 fully saturated rings. The summed E-state index contributed by atoms with van der Waals surface area (Å²) < 4.78 is 24.6. The molecule has 5 rings (SSSR count). The number of aliphatic imine (C=N–C) groups is 1. The van der Waals surface area contributed by atoms with Crippen molar-refractivity contribution in [2.24, 2.45) is 22.6 Å². The zero-order valence-corrected chi connectivity index (χ0v) is 41.0. The predicted octanol–water partition coefficient (Wildman–Crippen LogP) is -5.06. The standard InChI is InChI=1S/C45H69N11O17/c1-20(2)26(40(64)65)54-44(68)55-27(23-12-16-50-43(46)51-23)38(63)53-28(30(58)21(3)4)37(62)49-15-9-14-48-29(41(66)67)34(35-32(60)33(61)39(72-35)56-17-13-25(57)52-45(56)69)73-42-36(70-5)31(59)24(71-42)19-47-18-22-10-7-6-8-11-22/h6-8,10-11,13,17,20-21,23-24,26-36,39,42,47-48,58-61H,9,12,14-16,18-19H2,1-5H3,(H,49,62)(H,53,63)(H,64,65)(H,66,67)(H3,46,50,51)(H,52,57,69)(H2,54,55,68)/t23?,24-,26?,27?,28?,29?,30?,31+,32-,33-,34?,35+,36+,39-,42?/m1/s1. The van der Waals surface area contributed by atoms with E-state index in [1.165, 1.54) is 7.11 Å².